The molecule has 0 aliphatic carbocycles. The average molecular weight is 227 g/mol. The zero-order chi connectivity index (χ0) is 12.5. The van der Waals surface area contributed by atoms with Gasteiger partial charge in [0.2, 0.25) is 5.82 Å². The quantitative estimate of drug-likeness (QED) is 0.782. The van der Waals surface area contributed by atoms with Crippen LogP contribution in [0.3, 0.4) is 0 Å². The van der Waals surface area contributed by atoms with Crippen LogP contribution in [0.2, 0.25) is 0 Å². The first-order valence-corrected chi connectivity index (χ1v) is 5.29. The van der Waals surface area contributed by atoms with Crippen LogP contribution in [-0.4, -0.2) is 20.2 Å². The van der Waals surface area contributed by atoms with Crippen LogP contribution in [-0.2, 0) is 12.5 Å². The highest BCUT2D eigenvalue weighted by molar-refractivity contribution is 5.55. The lowest BCUT2D eigenvalue weighted by Gasteiger charge is -2.15. The molecule has 2 aromatic rings. The van der Waals surface area contributed by atoms with Crippen molar-refractivity contribution in [3.05, 3.63) is 29.8 Å². The van der Waals surface area contributed by atoms with Crippen LogP contribution in [0, 0.1) is 11.3 Å². The summed E-state index contributed by atoms with van der Waals surface area (Å²) in [6, 6.07) is 9.94. The van der Waals surface area contributed by atoms with Crippen molar-refractivity contribution in [1.82, 2.24) is 20.2 Å². The van der Waals surface area contributed by atoms with Gasteiger partial charge >= 0.3 is 0 Å². The third-order valence-electron chi connectivity index (χ3n) is 2.65. The summed E-state index contributed by atoms with van der Waals surface area (Å²) in [7, 11) is 1.73. The molecule has 17 heavy (non-hydrogen) atoms. The molecule has 0 saturated carbocycles. The molecule has 0 amide bonds. The Balaban J connectivity index is 2.34. The molecule has 0 aliphatic heterocycles. The zero-order valence-corrected chi connectivity index (χ0v) is 10.0. The van der Waals surface area contributed by atoms with E-state index in [0.29, 0.717) is 5.82 Å². The first-order chi connectivity index (χ1) is 8.03. The van der Waals surface area contributed by atoms with Crippen molar-refractivity contribution in [2.75, 3.05) is 0 Å². The number of hydrogen-bond acceptors (Lipinski definition) is 4. The summed E-state index contributed by atoms with van der Waals surface area (Å²) in [5.74, 6) is 0.591. The SMILES string of the molecule is Cn1nnc(-c2ccc(C(C)(C)C#N)cc2)n1. The van der Waals surface area contributed by atoms with Crippen molar-refractivity contribution in [2.24, 2.45) is 7.05 Å². The lowest BCUT2D eigenvalue weighted by molar-refractivity contribution is 0.630. The minimum Gasteiger partial charge on any atom is -0.197 e. The van der Waals surface area contributed by atoms with E-state index in [9.17, 15) is 0 Å². The number of rotatable bonds is 2. The van der Waals surface area contributed by atoms with E-state index in [4.69, 9.17) is 5.26 Å². The summed E-state index contributed by atoms with van der Waals surface area (Å²) in [4.78, 5) is 1.42. The predicted molar refractivity (Wildman–Crippen MR) is 62.9 cm³/mol. The van der Waals surface area contributed by atoms with E-state index < -0.39 is 5.41 Å². The topological polar surface area (TPSA) is 67.4 Å². The van der Waals surface area contributed by atoms with E-state index in [1.807, 2.05) is 38.1 Å². The van der Waals surface area contributed by atoms with Crippen molar-refractivity contribution < 1.29 is 0 Å². The Hall–Kier alpha value is -2.22. The Morgan fingerprint density at radius 3 is 2.35 bits per heavy atom. The molecule has 0 radical (unpaired) electrons. The molecule has 0 atom stereocenters. The molecule has 1 heterocycles. The number of aromatic nitrogens is 4. The summed E-state index contributed by atoms with van der Waals surface area (Å²) in [5.41, 5.74) is 1.40. The highest BCUT2D eigenvalue weighted by Crippen LogP contribution is 2.24. The van der Waals surface area contributed by atoms with Crippen LogP contribution in [0.1, 0.15) is 19.4 Å². The van der Waals surface area contributed by atoms with Crippen LogP contribution in [0.25, 0.3) is 11.4 Å². The Kier molecular flexibility index (Phi) is 2.64. The second kappa shape index (κ2) is 3.98. The largest absolute Gasteiger partial charge is 0.204 e. The molecule has 0 bridgehead atoms. The lowest BCUT2D eigenvalue weighted by atomic mass is 9.86. The Morgan fingerprint density at radius 2 is 1.88 bits per heavy atom. The van der Waals surface area contributed by atoms with Gasteiger partial charge in [-0.1, -0.05) is 24.3 Å². The first-order valence-electron chi connectivity index (χ1n) is 5.29. The molecule has 2 rings (SSSR count). The van der Waals surface area contributed by atoms with Crippen molar-refractivity contribution in [3.63, 3.8) is 0 Å². The third-order valence-corrected chi connectivity index (χ3v) is 2.65. The maximum atomic E-state index is 9.05. The van der Waals surface area contributed by atoms with Gasteiger partial charge in [-0.05, 0) is 24.6 Å². The van der Waals surface area contributed by atoms with Gasteiger partial charge in [0, 0.05) is 5.56 Å². The Morgan fingerprint density at radius 1 is 1.24 bits per heavy atom. The molecule has 0 spiro atoms. The van der Waals surface area contributed by atoms with E-state index in [0.717, 1.165) is 11.1 Å². The minimum atomic E-state index is -0.478. The molecule has 0 fully saturated rings. The van der Waals surface area contributed by atoms with E-state index in [-0.39, 0.29) is 0 Å². The van der Waals surface area contributed by atoms with Gasteiger partial charge in [-0.2, -0.15) is 10.1 Å². The minimum absolute atomic E-state index is 0.478. The monoisotopic (exact) mass is 227 g/mol. The Bertz CT molecular complexity index is 559. The molecule has 0 saturated heterocycles. The zero-order valence-electron chi connectivity index (χ0n) is 10.0. The van der Waals surface area contributed by atoms with Gasteiger partial charge in [0.1, 0.15) is 0 Å². The third kappa shape index (κ3) is 2.16. The highest BCUT2D eigenvalue weighted by Gasteiger charge is 2.19. The number of nitriles is 1. The van der Waals surface area contributed by atoms with Crippen LogP contribution in [0.4, 0.5) is 0 Å². The lowest BCUT2D eigenvalue weighted by Crippen LogP contribution is -2.13. The first kappa shape index (κ1) is 11.3. The Labute approximate surface area is 99.7 Å². The molecular weight excluding hydrogens is 214 g/mol. The molecule has 0 N–H and O–H groups in total. The smallest absolute Gasteiger partial charge is 0.197 e. The highest BCUT2D eigenvalue weighted by atomic mass is 15.6. The van der Waals surface area contributed by atoms with E-state index >= 15 is 0 Å². The molecule has 0 aliphatic rings. The van der Waals surface area contributed by atoms with E-state index in [2.05, 4.69) is 21.5 Å². The van der Waals surface area contributed by atoms with E-state index in [1.54, 1.807) is 7.05 Å². The molecule has 0 unspecified atom stereocenters. The molecule has 5 nitrogen and oxygen atoms in total. The van der Waals surface area contributed by atoms with Crippen LogP contribution < -0.4 is 0 Å². The fraction of sp³-hybridized carbons (Fsp3) is 0.333. The van der Waals surface area contributed by atoms with Crippen LogP contribution >= 0.6 is 0 Å². The molecular formula is C12H13N5. The summed E-state index contributed by atoms with van der Waals surface area (Å²) >= 11 is 0. The number of benzene rings is 1. The number of aryl methyl sites for hydroxylation is 1. The summed E-state index contributed by atoms with van der Waals surface area (Å²) < 4.78 is 0. The summed E-state index contributed by atoms with van der Waals surface area (Å²) in [6.45, 7) is 3.78. The maximum Gasteiger partial charge on any atom is 0.204 e. The molecule has 1 aromatic heterocycles. The van der Waals surface area contributed by atoms with Gasteiger partial charge in [-0.3, -0.25) is 0 Å². The van der Waals surface area contributed by atoms with Crippen LogP contribution in [0.5, 0.6) is 0 Å². The fourth-order valence-electron chi connectivity index (χ4n) is 1.50. The van der Waals surface area contributed by atoms with Gasteiger partial charge < -0.3 is 0 Å². The van der Waals surface area contributed by atoms with Crippen molar-refractivity contribution in [2.45, 2.75) is 19.3 Å². The summed E-state index contributed by atoms with van der Waals surface area (Å²) in [5, 5.41) is 20.9. The molecule has 86 valence electrons. The van der Waals surface area contributed by atoms with Gasteiger partial charge in [0.25, 0.3) is 0 Å². The van der Waals surface area contributed by atoms with Gasteiger partial charge in [-0.25, -0.2) is 0 Å². The normalized spacial score (nSPS) is 11.2. The van der Waals surface area contributed by atoms with Crippen molar-refractivity contribution >= 4 is 0 Å². The van der Waals surface area contributed by atoms with Crippen molar-refractivity contribution in [3.8, 4) is 17.5 Å². The predicted octanol–water partition coefficient (Wildman–Crippen LogP) is 1.68. The molecule has 5 heteroatoms. The maximum absolute atomic E-state index is 9.05. The van der Waals surface area contributed by atoms with Gasteiger partial charge in [0.05, 0.1) is 18.5 Å². The summed E-state index contributed by atoms with van der Waals surface area (Å²) in [6.07, 6.45) is 0. The van der Waals surface area contributed by atoms with Gasteiger partial charge in [0.15, 0.2) is 0 Å². The second-order valence-corrected chi connectivity index (χ2v) is 4.42. The second-order valence-electron chi connectivity index (χ2n) is 4.42. The fourth-order valence-corrected chi connectivity index (χ4v) is 1.50. The number of hydrogen-bond donors (Lipinski definition) is 0. The van der Waals surface area contributed by atoms with E-state index in [1.165, 1.54) is 4.80 Å². The van der Waals surface area contributed by atoms with Gasteiger partial charge in [-0.15, -0.1) is 10.2 Å². The number of nitrogens with zero attached hydrogens (tertiary/aromatic N) is 5. The molecule has 1 aromatic carbocycles. The average Bonchev–Trinajstić information content (AvgIpc) is 2.76. The number of tetrazole rings is 1. The van der Waals surface area contributed by atoms with Crippen molar-refractivity contribution in [1.29, 1.82) is 5.26 Å². The standard InChI is InChI=1S/C12H13N5/c1-12(2,8-13)10-6-4-9(5-7-10)11-14-16-17(3)15-11/h4-7H,1-3H3. The van der Waals surface area contributed by atoms with Crippen LogP contribution in [0.15, 0.2) is 24.3 Å².